The molecule has 0 bridgehead atoms. The predicted octanol–water partition coefficient (Wildman–Crippen LogP) is 2.87. The van der Waals surface area contributed by atoms with Crippen molar-refractivity contribution in [2.24, 2.45) is 5.73 Å². The van der Waals surface area contributed by atoms with Crippen LogP contribution in [0.2, 0.25) is 0 Å². The fraction of sp³-hybridized carbons (Fsp3) is 0.259. The van der Waals surface area contributed by atoms with Crippen LogP contribution in [0.3, 0.4) is 0 Å². The Kier molecular flexibility index (Phi) is 8.79. The molecule has 0 spiro atoms. The predicted molar refractivity (Wildman–Crippen MR) is 146 cm³/mol. The Morgan fingerprint density at radius 1 is 1.08 bits per heavy atom. The minimum Gasteiger partial charge on any atom is -0.493 e. The van der Waals surface area contributed by atoms with Crippen molar-refractivity contribution in [1.82, 2.24) is 19.7 Å². The number of nitrogens with two attached hydrogens (primary N) is 1. The maximum Gasteiger partial charge on any atom is 0.349 e. The average Bonchev–Trinajstić information content (AvgIpc) is 3.33. The number of hydrogen-bond donors (Lipinski definition) is 4. The van der Waals surface area contributed by atoms with Crippen LogP contribution in [0.5, 0.6) is 17.2 Å². The van der Waals surface area contributed by atoms with Crippen molar-refractivity contribution < 1.29 is 18.9 Å². The summed E-state index contributed by atoms with van der Waals surface area (Å²) in [5, 5.41) is 15.6. The van der Waals surface area contributed by atoms with Gasteiger partial charge >= 0.3 is 5.69 Å². The van der Waals surface area contributed by atoms with Crippen LogP contribution in [0.4, 0.5) is 5.69 Å². The van der Waals surface area contributed by atoms with Crippen LogP contribution in [-0.4, -0.2) is 59.6 Å². The summed E-state index contributed by atoms with van der Waals surface area (Å²) in [5.74, 6) is 2.07. The van der Waals surface area contributed by atoms with Gasteiger partial charge in [0.25, 0.3) is 0 Å². The lowest BCUT2D eigenvalue weighted by Gasteiger charge is -2.20. The number of methoxy groups -OCH3 is 2. The van der Waals surface area contributed by atoms with Crippen LogP contribution in [0.15, 0.2) is 65.6 Å². The average molecular weight is 534 g/mol. The zero-order valence-electron chi connectivity index (χ0n) is 21.9. The second-order valence-corrected chi connectivity index (χ2v) is 8.31. The maximum atomic E-state index is 13.0. The normalized spacial score (nSPS) is 11.6. The number of nitrogens with zero attached hydrogens (tertiary/aromatic N) is 3. The van der Waals surface area contributed by atoms with Gasteiger partial charge < -0.3 is 30.0 Å². The number of hydrogen-bond acceptors (Lipinski definition) is 9. The fourth-order valence-corrected chi connectivity index (χ4v) is 3.86. The molecule has 0 radical (unpaired) electrons. The molecule has 2 aromatic carbocycles. The fourth-order valence-electron chi connectivity index (χ4n) is 3.86. The number of anilines is 1. The molecule has 0 aliphatic carbocycles. The van der Waals surface area contributed by atoms with E-state index in [2.05, 4.69) is 20.4 Å². The molecule has 1 unspecified atom stereocenters. The molecular weight excluding hydrogens is 502 g/mol. The smallest absolute Gasteiger partial charge is 0.349 e. The lowest BCUT2D eigenvalue weighted by Crippen LogP contribution is -2.17. The molecule has 0 saturated carbocycles. The van der Waals surface area contributed by atoms with Gasteiger partial charge in [0, 0.05) is 24.6 Å². The number of pyridine rings is 1. The van der Waals surface area contributed by atoms with E-state index in [0.29, 0.717) is 54.1 Å². The molecule has 0 amide bonds. The van der Waals surface area contributed by atoms with Gasteiger partial charge in [-0.05, 0) is 61.0 Å². The minimum atomic E-state index is -0.607. The first-order valence-corrected chi connectivity index (χ1v) is 12.2. The van der Waals surface area contributed by atoms with E-state index in [0.717, 1.165) is 10.2 Å². The third kappa shape index (κ3) is 6.36. The third-order valence-electron chi connectivity index (χ3n) is 5.73. The molecule has 0 aliphatic heterocycles. The number of ether oxygens (including phenoxy) is 4. The van der Waals surface area contributed by atoms with Gasteiger partial charge in [-0.15, -0.1) is 5.10 Å². The monoisotopic (exact) mass is 533 g/mol. The highest BCUT2D eigenvalue weighted by Crippen LogP contribution is 2.34. The van der Waals surface area contributed by atoms with Crippen LogP contribution in [0.25, 0.3) is 5.82 Å². The highest BCUT2D eigenvalue weighted by Gasteiger charge is 2.23. The molecule has 0 fully saturated rings. The van der Waals surface area contributed by atoms with Gasteiger partial charge in [-0.3, -0.25) is 10.4 Å². The van der Waals surface area contributed by atoms with E-state index in [1.807, 2.05) is 19.1 Å². The molecule has 5 N–H and O–H groups in total. The molecule has 2 heterocycles. The van der Waals surface area contributed by atoms with Crippen molar-refractivity contribution in [3.63, 3.8) is 0 Å². The zero-order valence-corrected chi connectivity index (χ0v) is 21.9. The molecule has 4 aromatic rings. The number of amidine groups is 1. The number of aromatic nitrogens is 4. The largest absolute Gasteiger partial charge is 0.493 e. The molecular formula is C27H31N7O5. The summed E-state index contributed by atoms with van der Waals surface area (Å²) < 4.78 is 23.3. The molecule has 1 atom stereocenters. The summed E-state index contributed by atoms with van der Waals surface area (Å²) in [5.41, 5.74) is 7.19. The van der Waals surface area contributed by atoms with E-state index in [1.165, 1.54) is 7.11 Å². The van der Waals surface area contributed by atoms with Gasteiger partial charge in [-0.2, -0.15) is 4.68 Å². The van der Waals surface area contributed by atoms with Gasteiger partial charge in [-0.1, -0.05) is 6.07 Å². The van der Waals surface area contributed by atoms with E-state index in [1.54, 1.807) is 55.8 Å². The number of nitrogen functional groups attached to an aromatic ring is 1. The van der Waals surface area contributed by atoms with E-state index in [-0.39, 0.29) is 11.7 Å². The first-order valence-electron chi connectivity index (χ1n) is 12.2. The molecule has 2 aromatic heterocycles. The molecule has 204 valence electrons. The first-order chi connectivity index (χ1) is 18.9. The number of nitrogens with one attached hydrogen (secondary N) is 3. The lowest BCUT2D eigenvalue weighted by molar-refractivity contribution is 0.143. The summed E-state index contributed by atoms with van der Waals surface area (Å²) in [6.07, 6.45) is 1.56. The Labute approximate surface area is 225 Å². The highest BCUT2D eigenvalue weighted by molar-refractivity contribution is 5.95. The number of H-pyrrole nitrogens is 1. The molecule has 0 saturated heterocycles. The molecule has 4 rings (SSSR count). The van der Waals surface area contributed by atoms with Gasteiger partial charge in [0.1, 0.15) is 18.5 Å². The van der Waals surface area contributed by atoms with Crippen LogP contribution in [0, 0.1) is 5.41 Å². The molecule has 12 nitrogen and oxygen atoms in total. The Morgan fingerprint density at radius 3 is 2.56 bits per heavy atom. The minimum absolute atomic E-state index is 0.0316. The van der Waals surface area contributed by atoms with Crippen molar-refractivity contribution in [2.45, 2.75) is 13.0 Å². The van der Waals surface area contributed by atoms with Gasteiger partial charge in [-0.25, -0.2) is 9.78 Å². The SMILES string of the molecule is CCOc1cc(C(Nc2ccc(C(=N)N)cc2)c2nn(-c3ncccc3OC)c(=O)[nH]2)ccc1OCCOC. The van der Waals surface area contributed by atoms with Crippen molar-refractivity contribution in [1.29, 1.82) is 5.41 Å². The van der Waals surface area contributed by atoms with E-state index in [9.17, 15) is 4.79 Å². The summed E-state index contributed by atoms with van der Waals surface area (Å²) in [7, 11) is 3.11. The zero-order chi connectivity index (χ0) is 27.8. The summed E-state index contributed by atoms with van der Waals surface area (Å²) in [6.45, 7) is 3.12. The molecule has 12 heteroatoms. The van der Waals surface area contributed by atoms with Gasteiger partial charge in [0.2, 0.25) is 5.82 Å². The number of aromatic amines is 1. The van der Waals surface area contributed by atoms with Crippen molar-refractivity contribution in [2.75, 3.05) is 39.4 Å². The Balaban J connectivity index is 1.77. The summed E-state index contributed by atoms with van der Waals surface area (Å²) in [6, 6.07) is 15.4. The highest BCUT2D eigenvalue weighted by atomic mass is 16.5. The third-order valence-corrected chi connectivity index (χ3v) is 5.73. The second kappa shape index (κ2) is 12.6. The van der Waals surface area contributed by atoms with E-state index < -0.39 is 11.7 Å². The first kappa shape index (κ1) is 27.2. The molecule has 39 heavy (non-hydrogen) atoms. The lowest BCUT2D eigenvalue weighted by atomic mass is 10.0. The van der Waals surface area contributed by atoms with Crippen LogP contribution in [0.1, 0.15) is 29.9 Å². The van der Waals surface area contributed by atoms with Crippen molar-refractivity contribution in [3.05, 3.63) is 88.2 Å². The summed E-state index contributed by atoms with van der Waals surface area (Å²) >= 11 is 0. The van der Waals surface area contributed by atoms with Crippen molar-refractivity contribution in [3.8, 4) is 23.1 Å². The topological polar surface area (TPSA) is 162 Å². The van der Waals surface area contributed by atoms with E-state index in [4.69, 9.17) is 30.1 Å². The quantitative estimate of drug-likeness (QED) is 0.115. The Hall–Kier alpha value is -4.84. The number of benzene rings is 2. The van der Waals surface area contributed by atoms with Gasteiger partial charge in [0.05, 0.1) is 20.3 Å². The maximum absolute atomic E-state index is 13.0. The van der Waals surface area contributed by atoms with Crippen LogP contribution in [-0.2, 0) is 4.74 Å². The Bertz CT molecular complexity index is 1470. The van der Waals surface area contributed by atoms with Crippen molar-refractivity contribution >= 4 is 11.5 Å². The number of rotatable bonds is 13. The van der Waals surface area contributed by atoms with Crippen LogP contribution < -0.4 is 31.0 Å². The second-order valence-electron chi connectivity index (χ2n) is 8.31. The van der Waals surface area contributed by atoms with E-state index >= 15 is 0 Å². The van der Waals surface area contributed by atoms with Gasteiger partial charge in [0.15, 0.2) is 23.1 Å². The van der Waals surface area contributed by atoms with Crippen LogP contribution >= 0.6 is 0 Å². The standard InChI is InChI=1S/C27H31N7O5/c1-4-38-22-16-18(9-12-20(22)39-15-14-36-2)23(31-19-10-7-17(8-11-19)24(28)29)25-32-27(35)34(33-25)26-21(37-3)6-5-13-30-26/h5-13,16,23,31H,4,14-15H2,1-3H3,(H3,28,29)(H,32,33,35). The molecule has 0 aliphatic rings. The summed E-state index contributed by atoms with van der Waals surface area (Å²) in [4.78, 5) is 20.1. The Morgan fingerprint density at radius 2 is 1.87 bits per heavy atom.